The van der Waals surface area contributed by atoms with E-state index < -0.39 is 0 Å². The summed E-state index contributed by atoms with van der Waals surface area (Å²) in [5.74, 6) is 0.616. The monoisotopic (exact) mass is 210 g/mol. The first kappa shape index (κ1) is 10.9. The number of amides is 1. The number of hydrogen-bond acceptors (Lipinski definition) is 2. The van der Waals surface area contributed by atoms with Gasteiger partial charge >= 0.3 is 0 Å². The largest absolute Gasteiger partial charge is 0.340 e. The van der Waals surface area contributed by atoms with Crippen LogP contribution in [0.15, 0.2) is 0 Å². The Balaban J connectivity index is 1.99. The molecular formula is C12H22N2O. The third kappa shape index (κ3) is 2.17. The average molecular weight is 210 g/mol. The molecule has 3 heteroatoms. The van der Waals surface area contributed by atoms with Crippen LogP contribution in [0.5, 0.6) is 0 Å². The molecule has 15 heavy (non-hydrogen) atoms. The molecule has 3 atom stereocenters. The summed E-state index contributed by atoms with van der Waals surface area (Å²) in [4.78, 5) is 14.4. The number of rotatable bonds is 1. The summed E-state index contributed by atoms with van der Waals surface area (Å²) >= 11 is 0. The van der Waals surface area contributed by atoms with Crippen LogP contribution >= 0.6 is 0 Å². The molecule has 0 saturated carbocycles. The summed E-state index contributed by atoms with van der Waals surface area (Å²) in [6, 6.07) is 0.825. The predicted molar refractivity (Wildman–Crippen MR) is 60.6 cm³/mol. The van der Waals surface area contributed by atoms with Gasteiger partial charge in [-0.3, -0.25) is 4.79 Å². The maximum Gasteiger partial charge on any atom is 0.227 e. The standard InChI is InChI=1S/C12H22N2O/c1-9-5-3-4-8-14(9)12(15)11-6-7-13-10(11)2/h9-11,13H,3-8H2,1-2H3. The summed E-state index contributed by atoms with van der Waals surface area (Å²) in [5.41, 5.74) is 0. The van der Waals surface area contributed by atoms with E-state index in [0.29, 0.717) is 18.0 Å². The third-order valence-corrected chi connectivity index (χ3v) is 3.93. The van der Waals surface area contributed by atoms with E-state index in [9.17, 15) is 4.79 Å². The minimum Gasteiger partial charge on any atom is -0.340 e. The van der Waals surface area contributed by atoms with Crippen molar-refractivity contribution in [1.82, 2.24) is 10.2 Å². The van der Waals surface area contributed by atoms with Crippen molar-refractivity contribution in [2.45, 2.75) is 51.6 Å². The Hall–Kier alpha value is -0.570. The van der Waals surface area contributed by atoms with Gasteiger partial charge in [-0.25, -0.2) is 0 Å². The van der Waals surface area contributed by atoms with Crippen LogP contribution in [0.1, 0.15) is 39.5 Å². The number of carbonyl (C=O) groups excluding carboxylic acids is 1. The minimum absolute atomic E-state index is 0.227. The molecule has 86 valence electrons. The SMILES string of the molecule is CC1NCCC1C(=O)N1CCCCC1C. The van der Waals surface area contributed by atoms with E-state index in [1.807, 2.05) is 0 Å². The number of carbonyl (C=O) groups is 1. The molecule has 2 heterocycles. The molecule has 0 bridgehead atoms. The zero-order valence-electron chi connectivity index (χ0n) is 9.83. The van der Waals surface area contributed by atoms with Gasteiger partial charge in [-0.1, -0.05) is 0 Å². The van der Waals surface area contributed by atoms with Gasteiger partial charge in [-0.2, -0.15) is 0 Å². The maximum atomic E-state index is 12.3. The quantitative estimate of drug-likeness (QED) is 0.709. The lowest BCUT2D eigenvalue weighted by Crippen LogP contribution is -2.47. The van der Waals surface area contributed by atoms with E-state index in [1.165, 1.54) is 19.3 Å². The van der Waals surface area contributed by atoms with Crippen molar-refractivity contribution >= 4 is 5.91 Å². The van der Waals surface area contributed by atoms with Crippen molar-refractivity contribution in [1.29, 1.82) is 0 Å². The van der Waals surface area contributed by atoms with Gasteiger partial charge in [-0.15, -0.1) is 0 Å². The van der Waals surface area contributed by atoms with Crippen molar-refractivity contribution in [3.05, 3.63) is 0 Å². The summed E-state index contributed by atoms with van der Waals surface area (Å²) in [6.45, 7) is 6.29. The fourth-order valence-electron chi connectivity index (χ4n) is 2.83. The van der Waals surface area contributed by atoms with Crippen molar-refractivity contribution in [3.8, 4) is 0 Å². The molecule has 0 aromatic carbocycles. The van der Waals surface area contributed by atoms with Gasteiger partial charge in [0.1, 0.15) is 0 Å². The third-order valence-electron chi connectivity index (χ3n) is 3.93. The molecule has 3 unspecified atom stereocenters. The second kappa shape index (κ2) is 4.52. The number of nitrogens with one attached hydrogen (secondary N) is 1. The average Bonchev–Trinajstić information content (AvgIpc) is 2.64. The molecule has 0 radical (unpaired) electrons. The molecule has 0 aromatic heterocycles. The number of hydrogen-bond donors (Lipinski definition) is 1. The second-order valence-corrected chi connectivity index (χ2v) is 5.01. The lowest BCUT2D eigenvalue weighted by Gasteiger charge is -2.36. The first-order chi connectivity index (χ1) is 7.20. The fraction of sp³-hybridized carbons (Fsp3) is 0.917. The van der Waals surface area contributed by atoms with Crippen LogP contribution in [0, 0.1) is 5.92 Å². The Morgan fingerprint density at radius 1 is 1.27 bits per heavy atom. The normalized spacial score (nSPS) is 36.9. The van der Waals surface area contributed by atoms with Crippen molar-refractivity contribution in [2.24, 2.45) is 5.92 Å². The van der Waals surface area contributed by atoms with Gasteiger partial charge in [0.05, 0.1) is 5.92 Å². The van der Waals surface area contributed by atoms with Crippen LogP contribution in [-0.2, 0) is 4.79 Å². The summed E-state index contributed by atoms with van der Waals surface area (Å²) < 4.78 is 0. The lowest BCUT2D eigenvalue weighted by molar-refractivity contribution is -0.139. The first-order valence-electron chi connectivity index (χ1n) is 6.24. The van der Waals surface area contributed by atoms with E-state index in [1.54, 1.807) is 0 Å². The highest BCUT2D eigenvalue weighted by Gasteiger charge is 2.34. The topological polar surface area (TPSA) is 32.3 Å². The summed E-state index contributed by atoms with van der Waals surface area (Å²) in [5, 5.41) is 3.36. The van der Waals surface area contributed by atoms with Gasteiger partial charge in [0.15, 0.2) is 0 Å². The van der Waals surface area contributed by atoms with Gasteiger partial charge in [0.2, 0.25) is 5.91 Å². The smallest absolute Gasteiger partial charge is 0.227 e. The molecule has 1 N–H and O–H groups in total. The van der Waals surface area contributed by atoms with E-state index in [4.69, 9.17) is 0 Å². The van der Waals surface area contributed by atoms with Gasteiger partial charge < -0.3 is 10.2 Å². The Morgan fingerprint density at radius 2 is 2.07 bits per heavy atom. The van der Waals surface area contributed by atoms with E-state index in [2.05, 4.69) is 24.1 Å². The van der Waals surface area contributed by atoms with Gasteiger partial charge in [0, 0.05) is 18.6 Å². The second-order valence-electron chi connectivity index (χ2n) is 5.01. The van der Waals surface area contributed by atoms with Crippen molar-refractivity contribution < 1.29 is 4.79 Å². The van der Waals surface area contributed by atoms with Crippen LogP contribution in [0.2, 0.25) is 0 Å². The number of likely N-dealkylation sites (tertiary alicyclic amines) is 1. The lowest BCUT2D eigenvalue weighted by atomic mass is 9.96. The fourth-order valence-corrected chi connectivity index (χ4v) is 2.83. The highest BCUT2D eigenvalue weighted by Crippen LogP contribution is 2.23. The molecule has 3 nitrogen and oxygen atoms in total. The van der Waals surface area contributed by atoms with Gasteiger partial charge in [-0.05, 0) is 46.1 Å². The van der Waals surface area contributed by atoms with Gasteiger partial charge in [0.25, 0.3) is 0 Å². The molecule has 2 rings (SSSR count). The highest BCUT2D eigenvalue weighted by atomic mass is 16.2. The van der Waals surface area contributed by atoms with Crippen molar-refractivity contribution in [2.75, 3.05) is 13.1 Å². The number of piperidine rings is 1. The molecule has 2 aliphatic rings. The van der Waals surface area contributed by atoms with Crippen molar-refractivity contribution in [3.63, 3.8) is 0 Å². The Morgan fingerprint density at radius 3 is 2.67 bits per heavy atom. The first-order valence-corrected chi connectivity index (χ1v) is 6.24. The summed E-state index contributed by atoms with van der Waals surface area (Å²) in [6.07, 6.45) is 4.66. The van der Waals surface area contributed by atoms with Crippen LogP contribution in [-0.4, -0.2) is 36.0 Å². The maximum absolute atomic E-state index is 12.3. The molecule has 0 spiro atoms. The molecule has 0 aromatic rings. The minimum atomic E-state index is 0.227. The van der Waals surface area contributed by atoms with Crippen LogP contribution in [0.3, 0.4) is 0 Å². The number of nitrogens with zero attached hydrogens (tertiary/aromatic N) is 1. The highest BCUT2D eigenvalue weighted by molar-refractivity contribution is 5.80. The summed E-state index contributed by atoms with van der Waals surface area (Å²) in [7, 11) is 0. The Bertz CT molecular complexity index is 242. The van der Waals surface area contributed by atoms with E-state index in [-0.39, 0.29) is 5.92 Å². The van der Waals surface area contributed by atoms with E-state index in [0.717, 1.165) is 19.5 Å². The molecule has 2 aliphatic heterocycles. The van der Waals surface area contributed by atoms with E-state index >= 15 is 0 Å². The molecule has 0 aliphatic carbocycles. The molecule has 2 saturated heterocycles. The van der Waals surface area contributed by atoms with Crippen LogP contribution in [0.25, 0.3) is 0 Å². The van der Waals surface area contributed by atoms with Crippen LogP contribution < -0.4 is 5.32 Å². The predicted octanol–water partition coefficient (Wildman–Crippen LogP) is 1.39. The molecular weight excluding hydrogens is 188 g/mol. The zero-order chi connectivity index (χ0) is 10.8. The van der Waals surface area contributed by atoms with Crippen LogP contribution in [0.4, 0.5) is 0 Å². The zero-order valence-corrected chi connectivity index (χ0v) is 9.83. The Kier molecular flexibility index (Phi) is 3.29. The Labute approximate surface area is 92.2 Å². The molecule has 1 amide bonds. The molecule has 2 fully saturated rings.